The van der Waals surface area contributed by atoms with Crippen molar-refractivity contribution in [1.82, 2.24) is 9.79 Å². The van der Waals surface area contributed by atoms with Crippen molar-refractivity contribution in [2.24, 2.45) is 0 Å². The molecule has 1 aliphatic heterocycles. The molecule has 1 saturated heterocycles. The number of carbonyl (C=O) groups excluding carboxylic acids is 1. The van der Waals surface area contributed by atoms with Crippen molar-refractivity contribution >= 4 is 22.0 Å². The van der Waals surface area contributed by atoms with Gasteiger partial charge in [-0.05, 0) is 52.0 Å². The van der Waals surface area contributed by atoms with Crippen LogP contribution in [0.5, 0.6) is 5.75 Å². The molecule has 2 unspecified atom stereocenters. The molecule has 0 aromatic heterocycles. The molecule has 0 saturated carbocycles. The van der Waals surface area contributed by atoms with Crippen molar-refractivity contribution in [3.8, 4) is 17.6 Å². The number of benzene rings is 1. The van der Waals surface area contributed by atoms with Crippen LogP contribution in [-0.4, -0.2) is 77.3 Å². The summed E-state index contributed by atoms with van der Waals surface area (Å²) < 4.78 is 32.8. The van der Waals surface area contributed by atoms with Crippen molar-refractivity contribution in [2.75, 3.05) is 26.2 Å². The number of nitrogens with zero attached hydrogens (tertiary/aromatic N) is 2. The number of quaternary nitrogens is 1. The predicted octanol–water partition coefficient (Wildman–Crippen LogP) is 1.65. The van der Waals surface area contributed by atoms with Gasteiger partial charge in [0.2, 0.25) is 10.0 Å². The third-order valence-corrected chi connectivity index (χ3v) is 7.74. The number of nitrogens with one attached hydrogen (secondary N) is 1. The number of hydroxylamine groups is 1. The van der Waals surface area contributed by atoms with E-state index in [0.29, 0.717) is 5.75 Å². The van der Waals surface area contributed by atoms with E-state index >= 15 is 0 Å². The Bertz CT molecular complexity index is 1010. The lowest BCUT2D eigenvalue weighted by Gasteiger charge is -2.42. The number of carbonyl (C=O) groups is 2. The Balaban J connectivity index is 2.43. The SMILES string of the molecule is CC#CCOc1ccc(S(=O)(=O)N2CC[N+](C(=O)O)(C(C)(C)C)CCC2C(=O)NO)cc1. The van der Waals surface area contributed by atoms with Gasteiger partial charge < -0.3 is 9.84 Å². The zero-order chi connectivity index (χ0) is 24.2. The summed E-state index contributed by atoms with van der Waals surface area (Å²) in [6, 6.07) is 4.41. The first-order chi connectivity index (χ1) is 14.9. The lowest BCUT2D eigenvalue weighted by molar-refractivity contribution is -0.901. The summed E-state index contributed by atoms with van der Waals surface area (Å²) in [6.45, 7) is 6.88. The fraction of sp³-hybridized carbons (Fsp3) is 0.524. The van der Waals surface area contributed by atoms with Crippen LogP contribution in [0.1, 0.15) is 34.1 Å². The summed E-state index contributed by atoms with van der Waals surface area (Å²) in [5.74, 6) is 4.95. The van der Waals surface area contributed by atoms with Crippen LogP contribution in [-0.2, 0) is 14.8 Å². The van der Waals surface area contributed by atoms with Gasteiger partial charge in [0.25, 0.3) is 5.91 Å². The number of amides is 2. The lowest BCUT2D eigenvalue weighted by atomic mass is 10.0. The number of ether oxygens (including phenoxy) is 1. The molecule has 0 spiro atoms. The molecular formula is C21H30N3O7S+. The topological polar surface area (TPSA) is 133 Å². The quantitative estimate of drug-likeness (QED) is 0.259. The maximum atomic E-state index is 13.4. The smallest absolute Gasteiger partial charge is 0.481 e. The van der Waals surface area contributed by atoms with Gasteiger partial charge in [0.05, 0.1) is 18.0 Å². The molecule has 0 bridgehead atoms. The molecule has 1 heterocycles. The van der Waals surface area contributed by atoms with E-state index in [1.807, 2.05) is 0 Å². The first kappa shape index (κ1) is 25.6. The van der Waals surface area contributed by atoms with Crippen LogP contribution in [0.4, 0.5) is 4.79 Å². The van der Waals surface area contributed by atoms with Crippen LogP contribution in [0.25, 0.3) is 0 Å². The fourth-order valence-electron chi connectivity index (χ4n) is 3.83. The van der Waals surface area contributed by atoms with Crippen LogP contribution < -0.4 is 10.2 Å². The second-order valence-electron chi connectivity index (χ2n) is 8.45. The summed E-state index contributed by atoms with van der Waals surface area (Å²) in [7, 11) is -4.18. The number of rotatable bonds is 5. The van der Waals surface area contributed by atoms with Crippen molar-refractivity contribution in [3.63, 3.8) is 0 Å². The van der Waals surface area contributed by atoms with E-state index in [4.69, 9.17) is 4.74 Å². The van der Waals surface area contributed by atoms with Gasteiger partial charge in [-0.3, -0.25) is 10.0 Å². The normalized spacial score (nSPS) is 22.2. The van der Waals surface area contributed by atoms with E-state index in [0.717, 1.165) is 4.31 Å². The van der Waals surface area contributed by atoms with Gasteiger partial charge in [-0.25, -0.2) is 18.4 Å². The van der Waals surface area contributed by atoms with Gasteiger partial charge in [-0.1, -0.05) is 5.92 Å². The zero-order valence-corrected chi connectivity index (χ0v) is 19.5. The van der Waals surface area contributed by atoms with Crippen LogP contribution >= 0.6 is 0 Å². The molecule has 0 aliphatic carbocycles. The Labute approximate surface area is 188 Å². The molecule has 176 valence electrons. The highest BCUT2D eigenvalue weighted by atomic mass is 32.2. The first-order valence-electron chi connectivity index (χ1n) is 10.1. The molecule has 1 aromatic rings. The fourth-order valence-corrected chi connectivity index (χ4v) is 5.44. The minimum Gasteiger partial charge on any atom is -0.481 e. The standard InChI is InChI=1S/C21H29N3O7S/c1-5-6-15-31-16-7-9-17(10-8-16)32(29,30)23-12-14-24(20(26)27,21(2,3)4)13-11-18(23)19(25)22-28/h7-10,18H,11-15H2,1-4H3,(H2-,22,25,26,27,28)/p+1. The Morgan fingerprint density at radius 1 is 1.25 bits per heavy atom. The molecule has 1 fully saturated rings. The van der Waals surface area contributed by atoms with E-state index in [1.54, 1.807) is 27.7 Å². The third-order valence-electron chi connectivity index (χ3n) is 5.82. The Kier molecular flexibility index (Phi) is 7.90. The van der Waals surface area contributed by atoms with Gasteiger partial charge >= 0.3 is 6.09 Å². The van der Waals surface area contributed by atoms with E-state index in [9.17, 15) is 28.3 Å². The molecule has 1 aliphatic rings. The van der Waals surface area contributed by atoms with Crippen molar-refractivity contribution in [2.45, 2.75) is 50.6 Å². The molecule has 1 aromatic carbocycles. The molecule has 2 atom stereocenters. The van der Waals surface area contributed by atoms with Gasteiger partial charge in [0, 0.05) is 6.42 Å². The summed E-state index contributed by atoms with van der Waals surface area (Å²) >= 11 is 0. The highest BCUT2D eigenvalue weighted by Gasteiger charge is 2.52. The molecule has 11 heteroatoms. The highest BCUT2D eigenvalue weighted by molar-refractivity contribution is 7.89. The molecule has 0 radical (unpaired) electrons. The van der Waals surface area contributed by atoms with Gasteiger partial charge in [0.1, 0.15) is 30.5 Å². The third kappa shape index (κ3) is 5.05. The maximum Gasteiger partial charge on any atom is 0.514 e. The largest absolute Gasteiger partial charge is 0.514 e. The minimum absolute atomic E-state index is 0.0220. The average Bonchev–Trinajstić information content (AvgIpc) is 2.95. The van der Waals surface area contributed by atoms with Crippen LogP contribution in [0.3, 0.4) is 0 Å². The molecule has 2 amide bonds. The van der Waals surface area contributed by atoms with Crippen molar-refractivity contribution in [3.05, 3.63) is 24.3 Å². The van der Waals surface area contributed by atoms with E-state index in [1.165, 1.54) is 29.7 Å². The summed E-state index contributed by atoms with van der Waals surface area (Å²) in [4.78, 5) is 24.5. The Morgan fingerprint density at radius 3 is 2.38 bits per heavy atom. The van der Waals surface area contributed by atoms with Gasteiger partial charge in [0.15, 0.2) is 0 Å². The van der Waals surface area contributed by atoms with Crippen molar-refractivity contribution < 1.29 is 37.5 Å². The van der Waals surface area contributed by atoms with Crippen LogP contribution in [0.2, 0.25) is 0 Å². The number of carboxylic acid groups (broad SMARTS) is 1. The molecule has 10 nitrogen and oxygen atoms in total. The number of hydrogen-bond donors (Lipinski definition) is 3. The van der Waals surface area contributed by atoms with Gasteiger partial charge in [-0.2, -0.15) is 9.10 Å². The summed E-state index contributed by atoms with van der Waals surface area (Å²) in [6.07, 6.45) is -1.18. The van der Waals surface area contributed by atoms with Gasteiger partial charge in [-0.15, -0.1) is 5.92 Å². The average molecular weight is 469 g/mol. The van der Waals surface area contributed by atoms with Crippen molar-refractivity contribution in [1.29, 1.82) is 0 Å². The van der Waals surface area contributed by atoms with Crippen LogP contribution in [0.15, 0.2) is 29.2 Å². The minimum atomic E-state index is -4.18. The Hall–Kier alpha value is -2.65. The highest BCUT2D eigenvalue weighted by Crippen LogP contribution is 2.32. The number of hydrogen-bond acceptors (Lipinski definition) is 6. The number of sulfonamides is 1. The second-order valence-corrected chi connectivity index (χ2v) is 10.3. The summed E-state index contributed by atoms with van der Waals surface area (Å²) in [5, 5.41) is 19.2. The van der Waals surface area contributed by atoms with E-state index in [2.05, 4.69) is 11.8 Å². The van der Waals surface area contributed by atoms with Crippen LogP contribution in [0, 0.1) is 11.8 Å². The molecule has 32 heavy (non-hydrogen) atoms. The second kappa shape index (κ2) is 9.87. The summed E-state index contributed by atoms with van der Waals surface area (Å²) in [5.41, 5.74) is 0.773. The monoisotopic (exact) mass is 468 g/mol. The Morgan fingerprint density at radius 2 is 1.88 bits per heavy atom. The molecular weight excluding hydrogens is 438 g/mol. The maximum absolute atomic E-state index is 13.4. The van der Waals surface area contributed by atoms with E-state index < -0.39 is 38.1 Å². The molecule has 3 N–H and O–H groups in total. The van der Waals surface area contributed by atoms with E-state index in [-0.39, 0.29) is 37.6 Å². The predicted molar refractivity (Wildman–Crippen MR) is 115 cm³/mol. The lowest BCUT2D eigenvalue weighted by Crippen LogP contribution is -2.64. The zero-order valence-electron chi connectivity index (χ0n) is 18.7. The first-order valence-corrected chi connectivity index (χ1v) is 11.5. The molecule has 2 rings (SSSR count).